The van der Waals surface area contributed by atoms with Gasteiger partial charge in [0.05, 0.1) is 10.5 Å². The highest BCUT2D eigenvalue weighted by molar-refractivity contribution is 14.1. The molecule has 1 aromatic rings. The van der Waals surface area contributed by atoms with Crippen LogP contribution in [0.3, 0.4) is 0 Å². The van der Waals surface area contributed by atoms with E-state index in [1.54, 1.807) is 12.1 Å². The molecule has 1 rings (SSSR count). The summed E-state index contributed by atoms with van der Waals surface area (Å²) in [5.41, 5.74) is 0.725. The molecule has 1 aromatic carbocycles. The van der Waals surface area contributed by atoms with E-state index in [4.69, 9.17) is 4.74 Å². The summed E-state index contributed by atoms with van der Waals surface area (Å²) in [4.78, 5) is 10.2. The van der Waals surface area contributed by atoms with E-state index in [2.05, 4.69) is 27.9 Å². The van der Waals surface area contributed by atoms with Gasteiger partial charge in [-0.3, -0.25) is 10.1 Å². The number of nitro groups is 1. The lowest BCUT2D eigenvalue weighted by Gasteiger charge is -2.25. The number of hydrogen-bond donors (Lipinski definition) is 1. The van der Waals surface area contributed by atoms with Crippen molar-refractivity contribution in [2.45, 2.75) is 26.4 Å². The molecule has 0 unspecified atom stereocenters. The van der Waals surface area contributed by atoms with Crippen LogP contribution in [0.25, 0.3) is 0 Å². The van der Waals surface area contributed by atoms with Crippen LogP contribution in [0, 0.1) is 13.7 Å². The van der Waals surface area contributed by atoms with Crippen LogP contribution in [0.15, 0.2) is 18.2 Å². The largest absolute Gasteiger partial charge is 0.381 e. The van der Waals surface area contributed by atoms with Gasteiger partial charge in [-0.1, -0.05) is 0 Å². The third kappa shape index (κ3) is 4.41. The Bertz CT molecular complexity index is 435. The van der Waals surface area contributed by atoms with Crippen molar-refractivity contribution in [1.82, 2.24) is 0 Å². The summed E-state index contributed by atoms with van der Waals surface area (Å²) in [5.74, 6) is 0. The molecule has 0 saturated carbocycles. The van der Waals surface area contributed by atoms with Crippen molar-refractivity contribution in [3.63, 3.8) is 0 Å². The Kier molecular flexibility index (Phi) is 5.33. The number of nitrogens with one attached hydrogen (secondary N) is 1. The first kappa shape index (κ1) is 15.2. The molecule has 0 atom stereocenters. The molecule has 0 aliphatic heterocycles. The van der Waals surface area contributed by atoms with Crippen LogP contribution in [-0.2, 0) is 4.74 Å². The second kappa shape index (κ2) is 6.33. The third-order valence-electron chi connectivity index (χ3n) is 2.40. The zero-order valence-electron chi connectivity index (χ0n) is 10.7. The van der Waals surface area contributed by atoms with Crippen LogP contribution in [0.1, 0.15) is 20.8 Å². The standard InChI is InChI=1S/C12H17IN2O3/c1-4-18-12(2,3)8-14-11-6-5-9(15(16)17)7-10(11)13/h5-7,14H,4,8H2,1-3H3. The van der Waals surface area contributed by atoms with Crippen LogP contribution in [0.2, 0.25) is 0 Å². The summed E-state index contributed by atoms with van der Waals surface area (Å²) in [6.45, 7) is 7.27. The lowest BCUT2D eigenvalue weighted by atomic mass is 10.1. The van der Waals surface area contributed by atoms with E-state index in [0.717, 1.165) is 9.26 Å². The van der Waals surface area contributed by atoms with E-state index < -0.39 is 4.92 Å². The Morgan fingerprint density at radius 1 is 1.50 bits per heavy atom. The summed E-state index contributed by atoms with van der Waals surface area (Å²) in [5, 5.41) is 13.9. The number of nitrogens with zero attached hydrogens (tertiary/aromatic N) is 1. The van der Waals surface area contributed by atoms with Crippen LogP contribution >= 0.6 is 22.6 Å². The smallest absolute Gasteiger partial charge is 0.270 e. The minimum Gasteiger partial charge on any atom is -0.381 e. The van der Waals surface area contributed by atoms with Crippen molar-refractivity contribution in [1.29, 1.82) is 0 Å². The third-order valence-corrected chi connectivity index (χ3v) is 3.30. The van der Waals surface area contributed by atoms with Gasteiger partial charge >= 0.3 is 0 Å². The monoisotopic (exact) mass is 364 g/mol. The molecule has 5 nitrogen and oxygen atoms in total. The number of halogens is 1. The van der Waals surface area contributed by atoms with Gasteiger partial charge in [-0.25, -0.2) is 0 Å². The van der Waals surface area contributed by atoms with Crippen molar-refractivity contribution >= 4 is 34.0 Å². The maximum absolute atomic E-state index is 10.6. The first-order chi connectivity index (χ1) is 8.35. The van der Waals surface area contributed by atoms with Crippen LogP contribution < -0.4 is 5.32 Å². The number of rotatable bonds is 6. The average molecular weight is 364 g/mol. The molecule has 0 spiro atoms. The minimum absolute atomic E-state index is 0.106. The Balaban J connectivity index is 2.71. The number of benzene rings is 1. The average Bonchev–Trinajstić information content (AvgIpc) is 2.27. The summed E-state index contributed by atoms with van der Waals surface area (Å²) in [7, 11) is 0. The molecule has 0 amide bonds. The molecule has 0 bridgehead atoms. The Morgan fingerprint density at radius 2 is 2.17 bits per heavy atom. The second-order valence-corrected chi connectivity index (χ2v) is 5.63. The quantitative estimate of drug-likeness (QED) is 0.477. The lowest BCUT2D eigenvalue weighted by Crippen LogP contribution is -2.33. The van der Waals surface area contributed by atoms with E-state index in [9.17, 15) is 10.1 Å². The second-order valence-electron chi connectivity index (χ2n) is 4.47. The Hall–Kier alpha value is -0.890. The molecule has 100 valence electrons. The highest BCUT2D eigenvalue weighted by atomic mass is 127. The molecule has 0 saturated heterocycles. The molecule has 0 aliphatic rings. The van der Waals surface area contributed by atoms with Crippen LogP contribution in [0.5, 0.6) is 0 Å². The molecular weight excluding hydrogens is 347 g/mol. The molecule has 0 aromatic heterocycles. The zero-order valence-corrected chi connectivity index (χ0v) is 12.9. The van der Waals surface area contributed by atoms with Crippen LogP contribution in [0.4, 0.5) is 11.4 Å². The number of non-ortho nitro benzene ring substituents is 1. The summed E-state index contributed by atoms with van der Waals surface area (Å²) >= 11 is 2.08. The molecule has 0 heterocycles. The normalized spacial score (nSPS) is 11.3. The number of anilines is 1. The molecule has 0 aliphatic carbocycles. The van der Waals surface area contributed by atoms with Gasteiger partial charge in [0.2, 0.25) is 0 Å². The van der Waals surface area contributed by atoms with E-state index in [0.29, 0.717) is 13.2 Å². The van der Waals surface area contributed by atoms with E-state index >= 15 is 0 Å². The maximum atomic E-state index is 10.6. The van der Waals surface area contributed by atoms with E-state index in [1.165, 1.54) is 6.07 Å². The van der Waals surface area contributed by atoms with Gasteiger partial charge in [0, 0.05) is 34.5 Å². The van der Waals surface area contributed by atoms with Gasteiger partial charge in [0.1, 0.15) is 0 Å². The first-order valence-electron chi connectivity index (χ1n) is 5.67. The van der Waals surface area contributed by atoms with Crippen molar-refractivity contribution in [3.05, 3.63) is 31.9 Å². The molecule has 18 heavy (non-hydrogen) atoms. The van der Waals surface area contributed by atoms with Gasteiger partial charge in [0.15, 0.2) is 0 Å². The number of ether oxygens (including phenoxy) is 1. The van der Waals surface area contributed by atoms with Crippen molar-refractivity contribution in [2.24, 2.45) is 0 Å². The van der Waals surface area contributed by atoms with Gasteiger partial charge < -0.3 is 10.1 Å². The highest BCUT2D eigenvalue weighted by Crippen LogP contribution is 2.24. The molecule has 6 heteroatoms. The highest BCUT2D eigenvalue weighted by Gasteiger charge is 2.18. The molecule has 0 fully saturated rings. The molecule has 0 radical (unpaired) electrons. The van der Waals surface area contributed by atoms with Crippen molar-refractivity contribution < 1.29 is 9.66 Å². The summed E-state index contributed by atoms with van der Waals surface area (Å²) in [6.07, 6.45) is 0. The first-order valence-corrected chi connectivity index (χ1v) is 6.75. The number of nitro benzene ring substituents is 1. The van der Waals surface area contributed by atoms with Gasteiger partial charge in [-0.05, 0) is 49.4 Å². The summed E-state index contributed by atoms with van der Waals surface area (Å²) < 4.78 is 6.41. The van der Waals surface area contributed by atoms with E-state index in [1.807, 2.05) is 20.8 Å². The van der Waals surface area contributed by atoms with Gasteiger partial charge in [-0.2, -0.15) is 0 Å². The Morgan fingerprint density at radius 3 is 2.67 bits per heavy atom. The predicted molar refractivity (Wildman–Crippen MR) is 80.0 cm³/mol. The fraction of sp³-hybridized carbons (Fsp3) is 0.500. The fourth-order valence-electron chi connectivity index (χ4n) is 1.51. The maximum Gasteiger partial charge on any atom is 0.270 e. The predicted octanol–water partition coefficient (Wildman–Crippen LogP) is 3.43. The van der Waals surface area contributed by atoms with Crippen LogP contribution in [-0.4, -0.2) is 23.7 Å². The van der Waals surface area contributed by atoms with Crippen molar-refractivity contribution in [3.8, 4) is 0 Å². The topological polar surface area (TPSA) is 64.4 Å². The number of hydrogen-bond acceptors (Lipinski definition) is 4. The molecular formula is C12H17IN2O3. The lowest BCUT2D eigenvalue weighted by molar-refractivity contribution is -0.384. The minimum atomic E-state index is -0.393. The van der Waals surface area contributed by atoms with E-state index in [-0.39, 0.29) is 11.3 Å². The Labute approximate surface area is 120 Å². The molecule has 1 N–H and O–H groups in total. The fourth-order valence-corrected chi connectivity index (χ4v) is 2.20. The van der Waals surface area contributed by atoms with Gasteiger partial charge in [0.25, 0.3) is 5.69 Å². The zero-order chi connectivity index (χ0) is 13.8. The SMILES string of the molecule is CCOC(C)(C)CNc1ccc([N+](=O)[O-])cc1I. The summed E-state index contributed by atoms with van der Waals surface area (Å²) in [6, 6.07) is 4.77. The van der Waals surface area contributed by atoms with Gasteiger partial charge in [-0.15, -0.1) is 0 Å². The van der Waals surface area contributed by atoms with Crippen molar-refractivity contribution in [2.75, 3.05) is 18.5 Å².